The number of allylic oxidation sites excluding steroid dienone is 2. The van der Waals surface area contributed by atoms with Gasteiger partial charge in [-0.2, -0.15) is 5.01 Å². The van der Waals surface area contributed by atoms with E-state index in [0.29, 0.717) is 33.2 Å². The number of rotatable bonds is 5. The molecule has 4 amide bonds. The molecule has 2 aliphatic heterocycles. The van der Waals surface area contributed by atoms with Gasteiger partial charge in [0.25, 0.3) is 11.8 Å². The van der Waals surface area contributed by atoms with E-state index in [1.807, 2.05) is 6.08 Å². The number of fused-ring (bicyclic) bond motifs is 4. The number of aromatic hydroxyl groups is 1. The molecule has 3 N–H and O–H groups in total. The summed E-state index contributed by atoms with van der Waals surface area (Å²) in [6.07, 6.45) is 2.26. The van der Waals surface area contributed by atoms with Gasteiger partial charge in [0, 0.05) is 22.6 Å². The molecular weight excluding hydrogens is 589 g/mol. The zero-order valence-electron chi connectivity index (χ0n) is 23.4. The fourth-order valence-corrected chi connectivity index (χ4v) is 7.93. The number of amides is 4. The number of carbonyl (C=O) groups is 4. The predicted octanol–water partition coefficient (Wildman–Crippen LogP) is 4.47. The van der Waals surface area contributed by atoms with Crippen molar-refractivity contribution >= 4 is 40.9 Å². The number of methoxy groups -OCH3 is 1. The number of carbonyl (C=O) groups excluding carboxylic acids is 4. The van der Waals surface area contributed by atoms with E-state index < -0.39 is 58.5 Å². The Balaban J connectivity index is 1.48. The van der Waals surface area contributed by atoms with Crippen molar-refractivity contribution in [2.24, 2.45) is 23.7 Å². The molecule has 2 aliphatic carbocycles. The number of phenols is 1. The second kappa shape index (κ2) is 10.2. The molecule has 0 radical (unpaired) electrons. The van der Waals surface area contributed by atoms with Crippen LogP contribution in [0, 0.1) is 29.5 Å². The lowest BCUT2D eigenvalue weighted by atomic mass is 9.49. The van der Waals surface area contributed by atoms with E-state index in [9.17, 15) is 28.7 Å². The van der Waals surface area contributed by atoms with E-state index in [-0.39, 0.29) is 24.5 Å². The first-order valence-electron chi connectivity index (χ1n) is 14.2. The number of hydrazine groups is 1. The van der Waals surface area contributed by atoms with E-state index in [1.165, 1.54) is 37.4 Å². The number of phenolic OH excluding ortho intramolecular Hbond substituents is 1. The largest absolute Gasteiger partial charge is 0.508 e. The summed E-state index contributed by atoms with van der Waals surface area (Å²) < 4.78 is 19.0. The van der Waals surface area contributed by atoms with Crippen molar-refractivity contribution < 1.29 is 33.4 Å². The van der Waals surface area contributed by atoms with Gasteiger partial charge in [-0.05, 0) is 66.8 Å². The molecule has 9 nitrogen and oxygen atoms in total. The predicted molar refractivity (Wildman–Crippen MR) is 157 cm³/mol. The van der Waals surface area contributed by atoms with Crippen molar-refractivity contribution in [2.75, 3.05) is 12.5 Å². The molecule has 0 aromatic heterocycles. The first-order valence-corrected chi connectivity index (χ1v) is 14.6. The third-order valence-corrected chi connectivity index (χ3v) is 9.90. The van der Waals surface area contributed by atoms with Crippen LogP contribution in [0.25, 0.3) is 0 Å². The van der Waals surface area contributed by atoms with Gasteiger partial charge in [-0.1, -0.05) is 41.4 Å². The zero-order chi connectivity index (χ0) is 30.9. The van der Waals surface area contributed by atoms with Crippen molar-refractivity contribution in [2.45, 2.75) is 24.2 Å². The highest BCUT2D eigenvalue weighted by Crippen LogP contribution is 2.64. The molecular formula is C33H27ClFN3O6. The zero-order valence-corrected chi connectivity index (χ0v) is 24.2. The van der Waals surface area contributed by atoms with Crippen molar-refractivity contribution in [3.63, 3.8) is 0 Å². The number of nitrogens with zero attached hydrogens (tertiary/aromatic N) is 1. The highest BCUT2D eigenvalue weighted by Gasteiger charge is 2.70. The average molecular weight is 616 g/mol. The first-order chi connectivity index (χ1) is 21.1. The Morgan fingerprint density at radius 2 is 1.73 bits per heavy atom. The molecule has 2 saturated heterocycles. The van der Waals surface area contributed by atoms with Crippen LogP contribution < -0.4 is 15.5 Å². The van der Waals surface area contributed by atoms with Gasteiger partial charge in [-0.3, -0.25) is 29.9 Å². The molecule has 2 heterocycles. The van der Waals surface area contributed by atoms with Gasteiger partial charge in [-0.25, -0.2) is 4.39 Å². The van der Waals surface area contributed by atoms with Crippen LogP contribution in [-0.2, 0) is 24.6 Å². The standard InChI is InChI=1S/C33H27ClFN3O6/c1-44-20-10-11-22(26(39)14-20)28-21-12-13-23-27(30(41)36-29(23)40)24(21)15-25-31(42)38(37-19-8-6-18(35)7-9-19)32(43)33(25,28)16-2-4-17(34)5-3-16/h2-12,14,23-25,27-28,37,39H,13,15H2,1H3,(H,36,40,41)/t23-,24+,25-,27-,28+,33+/m0/s1. The molecule has 1 saturated carbocycles. The van der Waals surface area contributed by atoms with Crippen molar-refractivity contribution in [1.82, 2.24) is 10.3 Å². The lowest BCUT2D eigenvalue weighted by molar-refractivity contribution is -0.138. The van der Waals surface area contributed by atoms with E-state index in [4.69, 9.17) is 16.3 Å². The number of anilines is 1. The molecule has 6 atom stereocenters. The van der Waals surface area contributed by atoms with Crippen LogP contribution in [0.3, 0.4) is 0 Å². The third-order valence-electron chi connectivity index (χ3n) is 9.65. The van der Waals surface area contributed by atoms with Gasteiger partial charge in [0.1, 0.15) is 17.3 Å². The number of ether oxygens (including phenoxy) is 1. The van der Waals surface area contributed by atoms with Crippen LogP contribution in [0.5, 0.6) is 11.5 Å². The number of benzene rings is 3. The van der Waals surface area contributed by atoms with Crippen LogP contribution in [-0.4, -0.2) is 40.9 Å². The van der Waals surface area contributed by atoms with Gasteiger partial charge in [0.05, 0.1) is 36.0 Å². The van der Waals surface area contributed by atoms with Crippen LogP contribution in [0.1, 0.15) is 29.9 Å². The van der Waals surface area contributed by atoms with Crippen LogP contribution in [0.4, 0.5) is 10.1 Å². The van der Waals surface area contributed by atoms with Crippen molar-refractivity contribution in [1.29, 1.82) is 0 Å². The molecule has 224 valence electrons. The Morgan fingerprint density at radius 1 is 1.00 bits per heavy atom. The quantitative estimate of drug-likeness (QED) is 0.286. The Labute approximate surface area is 256 Å². The van der Waals surface area contributed by atoms with E-state index >= 15 is 0 Å². The Kier molecular flexibility index (Phi) is 6.51. The van der Waals surface area contributed by atoms with E-state index in [1.54, 1.807) is 36.4 Å². The summed E-state index contributed by atoms with van der Waals surface area (Å²) in [6.45, 7) is 0. The number of hydrogen-bond acceptors (Lipinski definition) is 7. The molecule has 4 aliphatic rings. The average Bonchev–Trinajstić information content (AvgIpc) is 3.42. The summed E-state index contributed by atoms with van der Waals surface area (Å²) in [5.74, 6) is -5.91. The molecule has 0 spiro atoms. The summed E-state index contributed by atoms with van der Waals surface area (Å²) in [6, 6.07) is 16.7. The Hall–Kier alpha value is -4.70. The number of hydrogen-bond donors (Lipinski definition) is 3. The third kappa shape index (κ3) is 3.97. The summed E-state index contributed by atoms with van der Waals surface area (Å²) in [5.41, 5.74) is 3.20. The normalized spacial score (nSPS) is 29.0. The minimum atomic E-state index is -1.57. The second-order valence-electron chi connectivity index (χ2n) is 11.7. The molecule has 0 unspecified atom stereocenters. The molecule has 3 fully saturated rings. The monoisotopic (exact) mass is 615 g/mol. The van der Waals surface area contributed by atoms with Gasteiger partial charge in [-0.15, -0.1) is 0 Å². The van der Waals surface area contributed by atoms with E-state index in [2.05, 4.69) is 10.7 Å². The van der Waals surface area contributed by atoms with Crippen molar-refractivity contribution in [3.8, 4) is 11.5 Å². The smallest absolute Gasteiger partial charge is 0.260 e. The van der Waals surface area contributed by atoms with Crippen LogP contribution in [0.15, 0.2) is 78.4 Å². The van der Waals surface area contributed by atoms with Gasteiger partial charge in [0.2, 0.25) is 11.8 Å². The maximum atomic E-state index is 14.9. The van der Waals surface area contributed by atoms with Gasteiger partial charge in [0.15, 0.2) is 0 Å². The lowest BCUT2D eigenvalue weighted by Crippen LogP contribution is -2.53. The summed E-state index contributed by atoms with van der Waals surface area (Å²) >= 11 is 6.27. The summed E-state index contributed by atoms with van der Waals surface area (Å²) in [7, 11) is 1.47. The fraction of sp³-hybridized carbons (Fsp3) is 0.273. The topological polar surface area (TPSA) is 125 Å². The van der Waals surface area contributed by atoms with Crippen LogP contribution in [0.2, 0.25) is 5.02 Å². The Bertz CT molecular complexity index is 1760. The summed E-state index contributed by atoms with van der Waals surface area (Å²) in [4.78, 5) is 55.2. The number of imide groups is 2. The summed E-state index contributed by atoms with van der Waals surface area (Å²) in [5, 5.41) is 15.3. The molecule has 0 bridgehead atoms. The van der Waals surface area contributed by atoms with Gasteiger partial charge >= 0.3 is 0 Å². The Morgan fingerprint density at radius 3 is 2.41 bits per heavy atom. The maximum Gasteiger partial charge on any atom is 0.260 e. The van der Waals surface area contributed by atoms with Crippen molar-refractivity contribution in [3.05, 3.63) is 100 Å². The van der Waals surface area contributed by atoms with Crippen LogP contribution >= 0.6 is 11.6 Å². The second-order valence-corrected chi connectivity index (χ2v) is 12.1. The highest BCUT2D eigenvalue weighted by atomic mass is 35.5. The first kappa shape index (κ1) is 28.1. The minimum Gasteiger partial charge on any atom is -0.508 e. The molecule has 3 aromatic carbocycles. The molecule has 3 aromatic rings. The lowest BCUT2D eigenvalue weighted by Gasteiger charge is -2.50. The maximum absolute atomic E-state index is 14.9. The highest BCUT2D eigenvalue weighted by molar-refractivity contribution is 6.30. The SMILES string of the molecule is COc1ccc([C@H]2C3=CC[C@@H]4C(=O)NC(=O)[C@@H]4[C@@H]3C[C@H]3C(=O)N(Nc4ccc(F)cc4)C(=O)[C@@]23c2ccc(Cl)cc2)c(O)c1. The number of halogens is 2. The van der Waals surface area contributed by atoms with E-state index in [0.717, 1.165) is 5.01 Å². The number of nitrogens with one attached hydrogen (secondary N) is 2. The molecule has 11 heteroatoms. The van der Waals surface area contributed by atoms with Gasteiger partial charge < -0.3 is 9.84 Å². The molecule has 7 rings (SSSR count). The fourth-order valence-electron chi connectivity index (χ4n) is 7.81. The minimum absolute atomic E-state index is 0.107. The molecule has 44 heavy (non-hydrogen) atoms.